The maximum Gasteiger partial charge on any atom is 0.387 e. The van der Waals surface area contributed by atoms with Crippen LogP contribution in [0.25, 0.3) is 0 Å². The van der Waals surface area contributed by atoms with Crippen LogP contribution < -0.4 is 10.1 Å². The van der Waals surface area contributed by atoms with Crippen LogP contribution >= 0.6 is 0 Å². The average Bonchev–Trinajstić information content (AvgIpc) is 3.08. The zero-order chi connectivity index (χ0) is 18.9. The molecule has 3 rings (SSSR count). The molecule has 1 saturated heterocycles. The Morgan fingerprint density at radius 3 is 2.50 bits per heavy atom. The molecule has 1 N–H and O–H groups in total. The number of urea groups is 1. The number of halogens is 2. The van der Waals surface area contributed by atoms with Crippen molar-refractivity contribution in [2.75, 3.05) is 0 Å². The lowest BCUT2D eigenvalue weighted by atomic mass is 9.92. The summed E-state index contributed by atoms with van der Waals surface area (Å²) < 4.78 is 34.0. The monoisotopic (exact) mass is 363 g/mol. The minimum Gasteiger partial charge on any atom is -0.460 e. The second kappa shape index (κ2) is 6.58. The van der Waals surface area contributed by atoms with E-state index in [-0.39, 0.29) is 5.75 Å². The zero-order valence-corrected chi connectivity index (χ0v) is 13.9. The lowest BCUT2D eigenvalue weighted by Crippen LogP contribution is -2.40. The number of amides is 3. The van der Waals surface area contributed by atoms with Crippen LogP contribution in [0, 0.1) is 6.92 Å². The molecule has 0 saturated carbocycles. The third-order valence-electron chi connectivity index (χ3n) is 3.89. The Morgan fingerprint density at radius 1 is 1.23 bits per heavy atom. The maximum absolute atomic E-state index is 12.7. The lowest BCUT2D eigenvalue weighted by molar-refractivity contribution is -0.131. The van der Waals surface area contributed by atoms with E-state index < -0.39 is 24.1 Å². The molecule has 1 fully saturated rings. The van der Waals surface area contributed by atoms with E-state index in [2.05, 4.69) is 15.2 Å². The molecule has 1 aliphatic rings. The van der Waals surface area contributed by atoms with Crippen molar-refractivity contribution in [3.05, 3.63) is 53.5 Å². The van der Waals surface area contributed by atoms with Crippen molar-refractivity contribution >= 4 is 18.2 Å². The smallest absolute Gasteiger partial charge is 0.387 e. The van der Waals surface area contributed by atoms with Gasteiger partial charge in [0.2, 0.25) is 0 Å². The molecule has 0 radical (unpaired) electrons. The number of nitrogens with zero attached hydrogens (tertiary/aromatic N) is 2. The first-order chi connectivity index (χ1) is 12.3. The van der Waals surface area contributed by atoms with Crippen molar-refractivity contribution < 1.29 is 27.5 Å². The summed E-state index contributed by atoms with van der Waals surface area (Å²) in [5.41, 5.74) is -0.972. The maximum atomic E-state index is 12.7. The first-order valence-electron chi connectivity index (χ1n) is 7.62. The van der Waals surface area contributed by atoms with Crippen molar-refractivity contribution in [2.24, 2.45) is 5.10 Å². The molecular formula is C17H15F2N3O4. The largest absolute Gasteiger partial charge is 0.460 e. The number of hydrogen-bond donors (Lipinski definition) is 1. The summed E-state index contributed by atoms with van der Waals surface area (Å²) in [6.45, 7) is 0.311. The van der Waals surface area contributed by atoms with Gasteiger partial charge in [0.05, 0.1) is 6.21 Å². The van der Waals surface area contributed by atoms with Gasteiger partial charge in [-0.05, 0) is 43.7 Å². The first-order valence-corrected chi connectivity index (χ1v) is 7.62. The highest BCUT2D eigenvalue weighted by Crippen LogP contribution is 2.30. The highest BCUT2D eigenvalue weighted by atomic mass is 19.3. The van der Waals surface area contributed by atoms with Gasteiger partial charge in [0.1, 0.15) is 22.8 Å². The molecule has 0 aliphatic carbocycles. The second-order valence-electron chi connectivity index (χ2n) is 5.77. The summed E-state index contributed by atoms with van der Waals surface area (Å²) >= 11 is 0. The molecule has 136 valence electrons. The molecule has 0 spiro atoms. The van der Waals surface area contributed by atoms with Crippen LogP contribution in [0.1, 0.15) is 24.0 Å². The van der Waals surface area contributed by atoms with E-state index in [0.717, 1.165) is 0 Å². The Bertz CT molecular complexity index is 863. The van der Waals surface area contributed by atoms with Gasteiger partial charge >= 0.3 is 12.6 Å². The van der Waals surface area contributed by atoms with Gasteiger partial charge in [-0.1, -0.05) is 12.1 Å². The fraction of sp³-hybridized carbons (Fsp3) is 0.235. The predicted octanol–water partition coefficient (Wildman–Crippen LogP) is 2.99. The third kappa shape index (κ3) is 3.28. The van der Waals surface area contributed by atoms with E-state index in [0.29, 0.717) is 22.1 Å². The molecule has 1 atom stereocenters. The number of nitrogens with one attached hydrogen (secondary N) is 1. The molecular weight excluding hydrogens is 348 g/mol. The minimum atomic E-state index is -2.95. The Kier molecular flexibility index (Phi) is 4.45. The molecule has 1 aliphatic heterocycles. The number of alkyl halides is 2. The number of imide groups is 1. The summed E-state index contributed by atoms with van der Waals surface area (Å²) in [6.07, 6.45) is 1.26. The third-order valence-corrected chi connectivity index (χ3v) is 3.89. The van der Waals surface area contributed by atoms with E-state index in [1.807, 2.05) is 0 Å². The number of rotatable bonds is 5. The van der Waals surface area contributed by atoms with Crippen molar-refractivity contribution in [2.45, 2.75) is 26.0 Å². The molecule has 1 aromatic carbocycles. The van der Waals surface area contributed by atoms with E-state index >= 15 is 0 Å². The number of carbonyl (C=O) groups excluding carboxylic acids is 2. The van der Waals surface area contributed by atoms with Crippen LogP contribution in [-0.4, -0.2) is 29.8 Å². The summed E-state index contributed by atoms with van der Waals surface area (Å²) in [4.78, 5) is 24.8. The Hall–Kier alpha value is -3.23. The van der Waals surface area contributed by atoms with Crippen LogP contribution in [0.3, 0.4) is 0 Å². The summed E-state index contributed by atoms with van der Waals surface area (Å²) in [7, 11) is 0. The number of furan rings is 1. The first kappa shape index (κ1) is 17.6. The summed E-state index contributed by atoms with van der Waals surface area (Å²) in [5, 5.41) is 7.12. The number of benzene rings is 1. The fourth-order valence-corrected chi connectivity index (χ4v) is 2.53. The molecule has 26 heavy (non-hydrogen) atoms. The Morgan fingerprint density at radius 2 is 1.92 bits per heavy atom. The lowest BCUT2D eigenvalue weighted by Gasteiger charge is -2.21. The number of hydrazone groups is 1. The van der Waals surface area contributed by atoms with Gasteiger partial charge in [-0.15, -0.1) is 5.01 Å². The number of carbonyl (C=O) groups is 2. The van der Waals surface area contributed by atoms with Gasteiger partial charge in [-0.3, -0.25) is 4.79 Å². The van der Waals surface area contributed by atoms with Gasteiger partial charge in [-0.2, -0.15) is 13.9 Å². The van der Waals surface area contributed by atoms with Gasteiger partial charge in [0.25, 0.3) is 5.91 Å². The van der Waals surface area contributed by atoms with Crippen molar-refractivity contribution in [3.8, 4) is 5.75 Å². The summed E-state index contributed by atoms with van der Waals surface area (Å²) in [6, 6.07) is 8.12. The second-order valence-corrected chi connectivity index (χ2v) is 5.77. The quantitative estimate of drug-likeness (QED) is 0.654. The molecule has 0 bridgehead atoms. The molecule has 3 amide bonds. The highest BCUT2D eigenvalue weighted by Gasteiger charge is 2.49. The SMILES string of the molecule is Cc1ccc(C=NN2C(=O)NC(C)(c3ccc(OC(F)F)cc3)C2=O)o1. The standard InChI is InChI=1S/C17H15F2N3O4/c1-10-3-6-13(25-10)9-20-22-14(23)17(2,21-16(22)24)11-4-7-12(8-5-11)26-15(18)19/h3-9,15H,1-2H3,(H,21,24). The number of aryl methyl sites for hydroxylation is 1. The van der Waals surface area contributed by atoms with Crippen LogP contribution in [0.2, 0.25) is 0 Å². The topological polar surface area (TPSA) is 84.1 Å². The highest BCUT2D eigenvalue weighted by molar-refractivity contribution is 6.07. The van der Waals surface area contributed by atoms with Crippen molar-refractivity contribution in [1.82, 2.24) is 10.3 Å². The fourth-order valence-electron chi connectivity index (χ4n) is 2.53. The van der Waals surface area contributed by atoms with Crippen LogP contribution in [0.4, 0.5) is 13.6 Å². The van der Waals surface area contributed by atoms with Gasteiger partial charge in [-0.25, -0.2) is 4.79 Å². The van der Waals surface area contributed by atoms with Crippen LogP contribution in [-0.2, 0) is 10.3 Å². The van der Waals surface area contributed by atoms with Crippen LogP contribution in [0.5, 0.6) is 5.75 Å². The van der Waals surface area contributed by atoms with Crippen molar-refractivity contribution in [3.63, 3.8) is 0 Å². The predicted molar refractivity (Wildman–Crippen MR) is 86.8 cm³/mol. The van der Waals surface area contributed by atoms with Crippen LogP contribution in [0.15, 0.2) is 45.9 Å². The molecule has 7 nitrogen and oxygen atoms in total. The van der Waals surface area contributed by atoms with E-state index in [4.69, 9.17) is 4.42 Å². The Balaban J connectivity index is 1.81. The minimum absolute atomic E-state index is 0.0489. The molecule has 2 heterocycles. The number of ether oxygens (including phenoxy) is 1. The molecule has 1 unspecified atom stereocenters. The molecule has 9 heteroatoms. The van der Waals surface area contributed by atoms with Gasteiger partial charge in [0.15, 0.2) is 0 Å². The molecule has 2 aromatic rings. The summed E-state index contributed by atoms with van der Waals surface area (Å²) in [5.74, 6) is 0.404. The molecule has 1 aromatic heterocycles. The average molecular weight is 363 g/mol. The Labute approximate surface area is 147 Å². The van der Waals surface area contributed by atoms with E-state index in [1.54, 1.807) is 19.1 Å². The van der Waals surface area contributed by atoms with Gasteiger partial charge < -0.3 is 14.5 Å². The van der Waals surface area contributed by atoms with Gasteiger partial charge in [0, 0.05) is 0 Å². The van der Waals surface area contributed by atoms with E-state index in [1.165, 1.54) is 37.4 Å². The van der Waals surface area contributed by atoms with E-state index in [9.17, 15) is 18.4 Å². The number of hydrogen-bond acceptors (Lipinski definition) is 5. The normalized spacial score (nSPS) is 20.3. The zero-order valence-electron chi connectivity index (χ0n) is 13.9. The van der Waals surface area contributed by atoms with Crippen molar-refractivity contribution in [1.29, 1.82) is 0 Å².